The van der Waals surface area contributed by atoms with E-state index in [4.69, 9.17) is 22.1 Å². The average molecular weight is 276 g/mol. The number of imidazole rings is 1. The molecule has 3 aromatic rings. The van der Waals surface area contributed by atoms with E-state index in [2.05, 4.69) is 19.9 Å². The van der Waals surface area contributed by atoms with E-state index in [1.54, 1.807) is 12.1 Å². The van der Waals surface area contributed by atoms with Crippen LogP contribution in [0.3, 0.4) is 0 Å². The van der Waals surface area contributed by atoms with Crippen LogP contribution >= 0.6 is 11.6 Å². The molecule has 0 bridgehead atoms. The van der Waals surface area contributed by atoms with Gasteiger partial charge in [0.25, 0.3) is 0 Å². The van der Waals surface area contributed by atoms with Crippen LogP contribution in [0.1, 0.15) is 5.56 Å². The van der Waals surface area contributed by atoms with Gasteiger partial charge in [0.15, 0.2) is 5.65 Å². The first-order valence-electron chi connectivity index (χ1n) is 5.58. The minimum atomic E-state index is 0.380. The molecule has 7 heteroatoms. The molecule has 0 saturated heterocycles. The van der Waals surface area contributed by atoms with E-state index in [0.717, 1.165) is 5.56 Å². The van der Waals surface area contributed by atoms with Gasteiger partial charge in [-0.1, -0.05) is 17.7 Å². The Morgan fingerprint density at radius 2 is 2.16 bits per heavy atom. The molecule has 96 valence electrons. The molecule has 6 nitrogen and oxygen atoms in total. The molecular formula is C12H10ClN5O. The molecule has 0 radical (unpaired) electrons. The maximum absolute atomic E-state index is 6.13. The quantitative estimate of drug-likeness (QED) is 0.765. The topological polar surface area (TPSA) is 89.7 Å². The first-order valence-corrected chi connectivity index (χ1v) is 5.96. The summed E-state index contributed by atoms with van der Waals surface area (Å²) in [5, 5.41) is 0.481. The van der Waals surface area contributed by atoms with E-state index in [1.165, 1.54) is 12.7 Å². The number of hydrogen-bond donors (Lipinski definition) is 2. The van der Waals surface area contributed by atoms with Crippen LogP contribution in [0.15, 0.2) is 30.9 Å². The molecule has 0 atom stereocenters. The number of nitrogens with zero attached hydrogens (tertiary/aromatic N) is 3. The highest BCUT2D eigenvalue weighted by Gasteiger charge is 2.10. The van der Waals surface area contributed by atoms with Crippen LogP contribution in [0.5, 0.6) is 11.6 Å². The van der Waals surface area contributed by atoms with Gasteiger partial charge >= 0.3 is 0 Å². The molecule has 1 aromatic carbocycles. The number of fused-ring (bicyclic) bond motifs is 1. The standard InChI is InChI=1S/C12H10ClN5O/c13-8-3-7(4-14)1-2-9(8)19-12-10-11(16-5-15-10)17-6-18-12/h1-3,5-6H,4,14H2,(H,15,16,17,18). The van der Waals surface area contributed by atoms with Crippen molar-refractivity contribution >= 4 is 22.8 Å². The second kappa shape index (κ2) is 4.83. The summed E-state index contributed by atoms with van der Waals surface area (Å²) in [5.41, 5.74) is 7.65. The Labute approximate surface area is 113 Å². The average Bonchev–Trinajstić information content (AvgIpc) is 2.90. The van der Waals surface area contributed by atoms with Crippen LogP contribution in [0.4, 0.5) is 0 Å². The Morgan fingerprint density at radius 3 is 2.95 bits per heavy atom. The van der Waals surface area contributed by atoms with Gasteiger partial charge in [0.1, 0.15) is 17.6 Å². The maximum atomic E-state index is 6.13. The number of halogens is 1. The van der Waals surface area contributed by atoms with E-state index < -0.39 is 0 Å². The van der Waals surface area contributed by atoms with Crippen molar-refractivity contribution in [3.05, 3.63) is 41.4 Å². The van der Waals surface area contributed by atoms with Crippen LogP contribution in [-0.4, -0.2) is 19.9 Å². The van der Waals surface area contributed by atoms with E-state index in [0.29, 0.717) is 34.4 Å². The van der Waals surface area contributed by atoms with Crippen molar-refractivity contribution in [2.75, 3.05) is 0 Å². The summed E-state index contributed by atoms with van der Waals surface area (Å²) < 4.78 is 5.69. The zero-order valence-corrected chi connectivity index (χ0v) is 10.6. The van der Waals surface area contributed by atoms with Crippen molar-refractivity contribution < 1.29 is 4.74 Å². The van der Waals surface area contributed by atoms with Crippen molar-refractivity contribution in [2.45, 2.75) is 6.54 Å². The molecule has 3 N–H and O–H groups in total. The molecule has 2 heterocycles. The molecule has 0 unspecified atom stereocenters. The predicted octanol–water partition coefficient (Wildman–Crippen LogP) is 2.26. The van der Waals surface area contributed by atoms with Gasteiger partial charge in [-0.3, -0.25) is 0 Å². The Bertz CT molecular complexity index is 727. The molecule has 0 aliphatic carbocycles. The van der Waals surface area contributed by atoms with E-state index >= 15 is 0 Å². The van der Waals surface area contributed by atoms with E-state index in [-0.39, 0.29) is 0 Å². The molecule has 0 spiro atoms. The number of aromatic amines is 1. The number of benzene rings is 1. The van der Waals surface area contributed by atoms with Crippen LogP contribution < -0.4 is 10.5 Å². The number of nitrogens with one attached hydrogen (secondary N) is 1. The van der Waals surface area contributed by atoms with Crippen LogP contribution in [0.2, 0.25) is 5.02 Å². The number of nitrogens with two attached hydrogens (primary N) is 1. The summed E-state index contributed by atoms with van der Waals surface area (Å²) in [7, 11) is 0. The molecule has 0 fully saturated rings. The monoisotopic (exact) mass is 275 g/mol. The summed E-state index contributed by atoms with van der Waals surface area (Å²) in [4.78, 5) is 15.0. The van der Waals surface area contributed by atoms with E-state index in [9.17, 15) is 0 Å². The van der Waals surface area contributed by atoms with Crippen molar-refractivity contribution in [3.8, 4) is 11.6 Å². The van der Waals surface area contributed by atoms with Crippen molar-refractivity contribution in [1.29, 1.82) is 0 Å². The van der Waals surface area contributed by atoms with Gasteiger partial charge in [-0.2, -0.15) is 4.98 Å². The highest BCUT2D eigenvalue weighted by atomic mass is 35.5. The lowest BCUT2D eigenvalue weighted by atomic mass is 10.2. The minimum Gasteiger partial charge on any atom is -0.435 e. The van der Waals surface area contributed by atoms with Gasteiger partial charge in [-0.05, 0) is 17.7 Å². The summed E-state index contributed by atoms with van der Waals surface area (Å²) >= 11 is 6.13. The van der Waals surface area contributed by atoms with Gasteiger partial charge in [0.2, 0.25) is 5.88 Å². The first-order chi connectivity index (χ1) is 9.28. The van der Waals surface area contributed by atoms with Crippen LogP contribution in [0.25, 0.3) is 11.2 Å². The summed E-state index contributed by atoms with van der Waals surface area (Å²) in [6, 6.07) is 5.38. The molecule has 0 amide bonds. The highest BCUT2D eigenvalue weighted by Crippen LogP contribution is 2.31. The van der Waals surface area contributed by atoms with Gasteiger partial charge in [-0.15, -0.1) is 0 Å². The fourth-order valence-corrected chi connectivity index (χ4v) is 1.92. The lowest BCUT2D eigenvalue weighted by Gasteiger charge is -2.08. The minimum absolute atomic E-state index is 0.380. The first kappa shape index (κ1) is 11.9. The molecule has 0 aliphatic heterocycles. The maximum Gasteiger partial charge on any atom is 0.248 e. The van der Waals surface area contributed by atoms with Crippen molar-refractivity contribution in [3.63, 3.8) is 0 Å². The molecule has 3 rings (SSSR count). The third-order valence-electron chi connectivity index (χ3n) is 2.63. The predicted molar refractivity (Wildman–Crippen MR) is 71.1 cm³/mol. The van der Waals surface area contributed by atoms with Gasteiger partial charge in [0, 0.05) is 6.54 Å². The third kappa shape index (κ3) is 2.23. The number of H-pyrrole nitrogens is 1. The molecule has 0 saturated carbocycles. The lowest BCUT2D eigenvalue weighted by Crippen LogP contribution is -1.97. The van der Waals surface area contributed by atoms with Crippen LogP contribution in [-0.2, 0) is 6.54 Å². The zero-order valence-electron chi connectivity index (χ0n) is 9.80. The van der Waals surface area contributed by atoms with Gasteiger partial charge < -0.3 is 15.5 Å². The third-order valence-corrected chi connectivity index (χ3v) is 2.92. The number of rotatable bonds is 3. The Morgan fingerprint density at radius 1 is 1.26 bits per heavy atom. The molecule has 0 aliphatic rings. The Hall–Kier alpha value is -2.18. The van der Waals surface area contributed by atoms with Gasteiger partial charge in [-0.25, -0.2) is 9.97 Å². The number of ether oxygens (including phenoxy) is 1. The van der Waals surface area contributed by atoms with E-state index in [1.807, 2.05) is 6.07 Å². The fraction of sp³-hybridized carbons (Fsp3) is 0.0833. The van der Waals surface area contributed by atoms with Crippen molar-refractivity contribution in [1.82, 2.24) is 19.9 Å². The smallest absolute Gasteiger partial charge is 0.248 e. The lowest BCUT2D eigenvalue weighted by molar-refractivity contribution is 0.467. The van der Waals surface area contributed by atoms with Crippen LogP contribution in [0, 0.1) is 0 Å². The van der Waals surface area contributed by atoms with Crippen molar-refractivity contribution in [2.24, 2.45) is 5.73 Å². The van der Waals surface area contributed by atoms with Gasteiger partial charge in [0.05, 0.1) is 11.3 Å². The molecular weight excluding hydrogens is 266 g/mol. The zero-order chi connectivity index (χ0) is 13.2. The summed E-state index contributed by atoms with van der Waals surface area (Å²) in [6.45, 7) is 0.429. The SMILES string of the molecule is NCc1ccc(Oc2ncnc3nc[nH]c23)c(Cl)c1. The summed E-state index contributed by atoms with van der Waals surface area (Å²) in [5.74, 6) is 0.887. The fourth-order valence-electron chi connectivity index (χ4n) is 1.68. The molecule has 19 heavy (non-hydrogen) atoms. The molecule has 2 aromatic heterocycles. The second-order valence-corrected chi connectivity index (χ2v) is 4.26. The number of hydrogen-bond acceptors (Lipinski definition) is 5. The number of aromatic nitrogens is 4. The summed E-state index contributed by atoms with van der Waals surface area (Å²) in [6.07, 6.45) is 2.92. The normalized spacial score (nSPS) is 10.8. The Balaban J connectivity index is 1.99. The highest BCUT2D eigenvalue weighted by molar-refractivity contribution is 6.32. The second-order valence-electron chi connectivity index (χ2n) is 3.85. The Kier molecular flexibility index (Phi) is 3.02. The largest absolute Gasteiger partial charge is 0.435 e.